The number of aliphatic hydroxyl groups excluding tert-OH is 2. The molecule has 7 nitrogen and oxygen atoms in total. The lowest BCUT2D eigenvalue weighted by atomic mass is 10.1. The highest BCUT2D eigenvalue weighted by Crippen LogP contribution is 2.28. The summed E-state index contributed by atoms with van der Waals surface area (Å²) in [6, 6.07) is 1.40. The molecule has 2 heterocycles. The standard InChI is InChI=1S/C9H12ClN3O4/c10-3-4-6(14)7(15)8(17-4)13-2-1-5(11)12-9(13)16/h1-2,4,6-8,14-15H,3H2,(H2,11,12,16)/t4-,6+,7+,8-/m0/s1. The number of aromatic nitrogens is 2. The van der Waals surface area contributed by atoms with E-state index in [2.05, 4.69) is 4.98 Å². The number of nitrogen functional groups attached to an aromatic ring is 1. The van der Waals surface area contributed by atoms with E-state index < -0.39 is 30.2 Å². The van der Waals surface area contributed by atoms with Gasteiger partial charge in [0.25, 0.3) is 0 Å². The maximum Gasteiger partial charge on any atom is 0.351 e. The molecule has 1 saturated heterocycles. The summed E-state index contributed by atoms with van der Waals surface area (Å²) >= 11 is 5.57. The first kappa shape index (κ1) is 12.3. The number of hydrogen-bond acceptors (Lipinski definition) is 6. The summed E-state index contributed by atoms with van der Waals surface area (Å²) in [6.07, 6.45) is -2.75. The molecule has 1 aliphatic heterocycles. The average Bonchev–Trinajstić information content (AvgIpc) is 2.57. The number of aliphatic hydroxyl groups is 2. The molecule has 0 saturated carbocycles. The van der Waals surface area contributed by atoms with Crippen LogP contribution in [0.25, 0.3) is 0 Å². The fraction of sp³-hybridized carbons (Fsp3) is 0.556. The Morgan fingerprint density at radius 3 is 2.76 bits per heavy atom. The molecule has 1 aliphatic rings. The maximum absolute atomic E-state index is 11.5. The SMILES string of the molecule is Nc1ccn([C@H]2O[C@@H](CCl)[C@@H](O)[C@H]2O)c(=O)n1. The molecule has 17 heavy (non-hydrogen) atoms. The minimum atomic E-state index is -1.23. The third-order valence-electron chi connectivity index (χ3n) is 2.61. The number of alkyl halides is 1. The molecule has 0 aromatic carbocycles. The second kappa shape index (κ2) is 4.61. The maximum atomic E-state index is 11.5. The van der Waals surface area contributed by atoms with Crippen LogP contribution in [0.15, 0.2) is 17.1 Å². The van der Waals surface area contributed by atoms with E-state index in [0.717, 1.165) is 4.57 Å². The van der Waals surface area contributed by atoms with Gasteiger partial charge in [0, 0.05) is 6.20 Å². The summed E-state index contributed by atoms with van der Waals surface area (Å²) in [5.74, 6) is 0.0967. The van der Waals surface area contributed by atoms with E-state index in [1.165, 1.54) is 12.3 Å². The van der Waals surface area contributed by atoms with Gasteiger partial charge in [0.2, 0.25) is 0 Å². The van der Waals surface area contributed by atoms with Crippen LogP contribution in [0.5, 0.6) is 0 Å². The monoisotopic (exact) mass is 261 g/mol. The third kappa shape index (κ3) is 2.14. The van der Waals surface area contributed by atoms with Crippen molar-refractivity contribution in [2.75, 3.05) is 11.6 Å². The molecule has 94 valence electrons. The van der Waals surface area contributed by atoms with Crippen LogP contribution in [0, 0.1) is 0 Å². The van der Waals surface area contributed by atoms with Crippen molar-refractivity contribution < 1.29 is 14.9 Å². The highest BCUT2D eigenvalue weighted by atomic mass is 35.5. The molecule has 0 unspecified atom stereocenters. The van der Waals surface area contributed by atoms with Crippen LogP contribution in [0.2, 0.25) is 0 Å². The van der Waals surface area contributed by atoms with Gasteiger partial charge in [0.1, 0.15) is 24.1 Å². The molecule has 0 spiro atoms. The first-order valence-corrected chi connectivity index (χ1v) is 5.50. The van der Waals surface area contributed by atoms with Gasteiger partial charge in [-0.25, -0.2) is 4.79 Å². The molecule has 1 aromatic heterocycles. The average molecular weight is 262 g/mol. The van der Waals surface area contributed by atoms with Crippen LogP contribution < -0.4 is 11.4 Å². The number of nitrogens with two attached hydrogens (primary N) is 1. The van der Waals surface area contributed by atoms with E-state index in [-0.39, 0.29) is 11.7 Å². The van der Waals surface area contributed by atoms with Gasteiger partial charge in [0.15, 0.2) is 6.23 Å². The molecule has 4 atom stereocenters. The quantitative estimate of drug-likeness (QED) is 0.570. The molecule has 1 fully saturated rings. The zero-order valence-corrected chi connectivity index (χ0v) is 9.49. The summed E-state index contributed by atoms with van der Waals surface area (Å²) in [5.41, 5.74) is 4.69. The van der Waals surface area contributed by atoms with Gasteiger partial charge in [-0.15, -0.1) is 11.6 Å². The molecule has 0 aliphatic carbocycles. The molecular formula is C9H12ClN3O4. The first-order chi connectivity index (χ1) is 8.04. The Labute approximate surface area is 101 Å². The van der Waals surface area contributed by atoms with Crippen molar-refractivity contribution in [2.24, 2.45) is 0 Å². The Kier molecular flexibility index (Phi) is 3.34. The Hall–Kier alpha value is -1.15. The molecule has 0 bridgehead atoms. The van der Waals surface area contributed by atoms with E-state index in [9.17, 15) is 15.0 Å². The Bertz CT molecular complexity index is 466. The minimum Gasteiger partial charge on any atom is -0.387 e. The van der Waals surface area contributed by atoms with Crippen LogP contribution in [0.3, 0.4) is 0 Å². The van der Waals surface area contributed by atoms with Crippen molar-refractivity contribution in [1.29, 1.82) is 0 Å². The van der Waals surface area contributed by atoms with Crippen LogP contribution >= 0.6 is 11.6 Å². The lowest BCUT2D eigenvalue weighted by Gasteiger charge is -2.16. The minimum absolute atomic E-state index is 0.0197. The summed E-state index contributed by atoms with van der Waals surface area (Å²) in [4.78, 5) is 15.0. The fourth-order valence-electron chi connectivity index (χ4n) is 1.71. The summed E-state index contributed by atoms with van der Waals surface area (Å²) < 4.78 is 6.36. The number of nitrogens with zero attached hydrogens (tertiary/aromatic N) is 2. The van der Waals surface area contributed by atoms with E-state index in [1.54, 1.807) is 0 Å². The fourth-order valence-corrected chi connectivity index (χ4v) is 1.96. The first-order valence-electron chi connectivity index (χ1n) is 4.97. The lowest BCUT2D eigenvalue weighted by molar-refractivity contribution is -0.0342. The summed E-state index contributed by atoms with van der Waals surface area (Å²) in [5, 5.41) is 19.4. The van der Waals surface area contributed by atoms with E-state index in [1.807, 2.05) is 0 Å². The summed E-state index contributed by atoms with van der Waals surface area (Å²) in [6.45, 7) is 0. The number of ether oxygens (including phenoxy) is 1. The van der Waals surface area contributed by atoms with Crippen molar-refractivity contribution in [3.8, 4) is 0 Å². The largest absolute Gasteiger partial charge is 0.387 e. The van der Waals surface area contributed by atoms with Crippen LogP contribution in [0.4, 0.5) is 5.82 Å². The smallest absolute Gasteiger partial charge is 0.351 e. The predicted molar refractivity (Wildman–Crippen MR) is 59.6 cm³/mol. The van der Waals surface area contributed by atoms with Crippen LogP contribution in [-0.2, 0) is 4.74 Å². The summed E-state index contributed by atoms with van der Waals surface area (Å²) in [7, 11) is 0. The number of anilines is 1. The van der Waals surface area contributed by atoms with Gasteiger partial charge in [0.05, 0.1) is 5.88 Å². The van der Waals surface area contributed by atoms with Gasteiger partial charge < -0.3 is 20.7 Å². The van der Waals surface area contributed by atoms with Crippen LogP contribution in [-0.4, -0.2) is 44.0 Å². The number of halogens is 1. The van der Waals surface area contributed by atoms with Gasteiger partial charge in [-0.1, -0.05) is 0 Å². The van der Waals surface area contributed by atoms with Gasteiger partial charge >= 0.3 is 5.69 Å². The molecule has 0 amide bonds. The highest BCUT2D eigenvalue weighted by molar-refractivity contribution is 6.18. The van der Waals surface area contributed by atoms with Crippen molar-refractivity contribution in [1.82, 2.24) is 9.55 Å². The molecule has 0 radical (unpaired) electrons. The van der Waals surface area contributed by atoms with Gasteiger partial charge in [-0.2, -0.15) is 4.98 Å². The molecular weight excluding hydrogens is 250 g/mol. The van der Waals surface area contributed by atoms with E-state index in [0.29, 0.717) is 0 Å². The second-order valence-electron chi connectivity index (χ2n) is 3.74. The lowest BCUT2D eigenvalue weighted by Crippen LogP contribution is -2.35. The predicted octanol–water partition coefficient (Wildman–Crippen LogP) is -1.32. The number of hydrogen-bond donors (Lipinski definition) is 3. The zero-order chi connectivity index (χ0) is 12.6. The Morgan fingerprint density at radius 1 is 1.53 bits per heavy atom. The third-order valence-corrected chi connectivity index (χ3v) is 2.92. The van der Waals surface area contributed by atoms with Crippen molar-refractivity contribution in [2.45, 2.75) is 24.5 Å². The second-order valence-corrected chi connectivity index (χ2v) is 4.05. The highest BCUT2D eigenvalue weighted by Gasteiger charge is 2.43. The normalized spacial score (nSPS) is 32.9. The molecule has 8 heteroatoms. The van der Waals surface area contributed by atoms with E-state index in [4.69, 9.17) is 22.1 Å². The molecule has 4 N–H and O–H groups in total. The van der Waals surface area contributed by atoms with Gasteiger partial charge in [-0.05, 0) is 6.07 Å². The Balaban J connectivity index is 2.32. The van der Waals surface area contributed by atoms with Crippen molar-refractivity contribution in [3.05, 3.63) is 22.7 Å². The van der Waals surface area contributed by atoms with E-state index >= 15 is 0 Å². The van der Waals surface area contributed by atoms with Crippen molar-refractivity contribution in [3.63, 3.8) is 0 Å². The molecule has 1 aromatic rings. The Morgan fingerprint density at radius 2 is 2.24 bits per heavy atom. The zero-order valence-electron chi connectivity index (χ0n) is 8.73. The van der Waals surface area contributed by atoms with Crippen molar-refractivity contribution >= 4 is 17.4 Å². The van der Waals surface area contributed by atoms with Gasteiger partial charge in [-0.3, -0.25) is 4.57 Å². The molecule has 2 rings (SSSR count). The topological polar surface area (TPSA) is 111 Å². The van der Waals surface area contributed by atoms with Crippen LogP contribution in [0.1, 0.15) is 6.23 Å². The number of rotatable bonds is 2.